The van der Waals surface area contributed by atoms with Gasteiger partial charge in [0, 0.05) is 57.4 Å². The molecule has 172 valence electrons. The molecule has 0 aromatic heterocycles. The van der Waals surface area contributed by atoms with Crippen molar-refractivity contribution in [2.45, 2.75) is 32.1 Å². The Balaban J connectivity index is 1.50. The lowest BCUT2D eigenvalue weighted by Gasteiger charge is -2.37. The van der Waals surface area contributed by atoms with Crippen molar-refractivity contribution in [1.82, 2.24) is 9.21 Å². The second-order valence-electron chi connectivity index (χ2n) is 8.85. The Hall–Kier alpha value is -2.45. The van der Waals surface area contributed by atoms with Crippen molar-refractivity contribution >= 4 is 21.6 Å². The molecule has 6 nitrogen and oxygen atoms in total. The molecule has 0 bridgehead atoms. The second kappa shape index (κ2) is 9.19. The minimum atomic E-state index is -3.59. The minimum absolute atomic E-state index is 0.0280. The average molecular weight is 460 g/mol. The molecule has 1 unspecified atom stereocenters. The van der Waals surface area contributed by atoms with Crippen LogP contribution in [0, 0.1) is 11.7 Å². The monoisotopic (exact) mass is 459 g/mol. The number of anilines is 1. The molecule has 2 atom stereocenters. The van der Waals surface area contributed by atoms with Crippen LogP contribution in [0.3, 0.4) is 0 Å². The van der Waals surface area contributed by atoms with E-state index in [1.165, 1.54) is 10.4 Å². The molecule has 2 fully saturated rings. The predicted octanol–water partition coefficient (Wildman–Crippen LogP) is 3.41. The summed E-state index contributed by atoms with van der Waals surface area (Å²) in [5, 5.41) is -0.604. The van der Waals surface area contributed by atoms with Gasteiger partial charge in [0.05, 0.1) is 0 Å². The van der Waals surface area contributed by atoms with Crippen molar-refractivity contribution in [2.24, 2.45) is 5.92 Å². The van der Waals surface area contributed by atoms with Crippen LogP contribution in [0.2, 0.25) is 0 Å². The number of benzene rings is 2. The fraction of sp³-hybridized carbons (Fsp3) is 0.458. The van der Waals surface area contributed by atoms with Crippen LogP contribution in [0.25, 0.3) is 0 Å². The van der Waals surface area contributed by atoms with Crippen LogP contribution in [0.15, 0.2) is 48.5 Å². The van der Waals surface area contributed by atoms with Gasteiger partial charge in [-0.3, -0.25) is 4.79 Å². The van der Waals surface area contributed by atoms with Crippen molar-refractivity contribution in [2.75, 3.05) is 37.6 Å². The van der Waals surface area contributed by atoms with Gasteiger partial charge >= 0.3 is 0 Å². The van der Waals surface area contributed by atoms with Crippen molar-refractivity contribution in [1.29, 1.82) is 0 Å². The largest absolute Gasteiger partial charge is 0.368 e. The van der Waals surface area contributed by atoms with Gasteiger partial charge in [0.1, 0.15) is 11.1 Å². The lowest BCUT2D eigenvalue weighted by Crippen LogP contribution is -2.48. The third kappa shape index (κ3) is 4.66. The highest BCUT2D eigenvalue weighted by Crippen LogP contribution is 2.38. The zero-order valence-corrected chi connectivity index (χ0v) is 19.4. The number of halogens is 1. The molecule has 2 saturated heterocycles. The van der Waals surface area contributed by atoms with Crippen molar-refractivity contribution in [3.05, 3.63) is 65.5 Å². The zero-order valence-electron chi connectivity index (χ0n) is 18.6. The van der Waals surface area contributed by atoms with E-state index in [2.05, 4.69) is 4.90 Å². The van der Waals surface area contributed by atoms with Gasteiger partial charge < -0.3 is 9.80 Å². The van der Waals surface area contributed by atoms with Gasteiger partial charge in [-0.05, 0) is 30.0 Å². The summed E-state index contributed by atoms with van der Waals surface area (Å²) < 4.78 is 43.1. The summed E-state index contributed by atoms with van der Waals surface area (Å²) in [7, 11) is -3.59. The summed E-state index contributed by atoms with van der Waals surface area (Å²) in [6.07, 6.45) is 0.566. The fourth-order valence-electron chi connectivity index (χ4n) is 4.65. The zero-order chi connectivity index (χ0) is 22.9. The first kappa shape index (κ1) is 22.7. The van der Waals surface area contributed by atoms with Gasteiger partial charge in [-0.15, -0.1) is 0 Å². The van der Waals surface area contributed by atoms with Crippen LogP contribution in [0.1, 0.15) is 36.6 Å². The van der Waals surface area contributed by atoms with E-state index < -0.39 is 21.1 Å². The van der Waals surface area contributed by atoms with Crippen LogP contribution in [0.4, 0.5) is 10.1 Å². The Bertz CT molecular complexity index is 1070. The van der Waals surface area contributed by atoms with Gasteiger partial charge in [-0.1, -0.05) is 43.3 Å². The summed E-state index contributed by atoms with van der Waals surface area (Å²) in [5.41, 5.74) is 1.91. The molecule has 2 aliphatic rings. The maximum absolute atomic E-state index is 15.0. The maximum atomic E-state index is 15.0. The lowest BCUT2D eigenvalue weighted by atomic mass is 10.00. The molecule has 0 saturated carbocycles. The van der Waals surface area contributed by atoms with Crippen molar-refractivity contribution in [3.63, 3.8) is 0 Å². The average Bonchev–Trinajstić information content (AvgIpc) is 2.78. The van der Waals surface area contributed by atoms with Crippen molar-refractivity contribution < 1.29 is 17.6 Å². The van der Waals surface area contributed by atoms with Crippen LogP contribution in [-0.4, -0.2) is 56.3 Å². The van der Waals surface area contributed by atoms with Crippen molar-refractivity contribution in [3.8, 4) is 0 Å². The molecule has 0 spiro atoms. The number of hydrogen-bond acceptors (Lipinski definition) is 4. The number of hydrogen-bond donors (Lipinski definition) is 0. The third-order valence-corrected chi connectivity index (χ3v) is 8.68. The molecule has 1 amide bonds. The van der Waals surface area contributed by atoms with Crippen LogP contribution < -0.4 is 4.90 Å². The van der Waals surface area contributed by atoms with Gasteiger partial charge in [0.15, 0.2) is 0 Å². The SMILES string of the molecule is CC(=O)N1CCN(c2ccc(CN3C[C@H](C)CC(c4ccccc4)S3(=O)=O)c(F)c2)CC1. The molecule has 32 heavy (non-hydrogen) atoms. The van der Waals surface area contributed by atoms with Gasteiger partial charge in [-0.25, -0.2) is 12.8 Å². The lowest BCUT2D eigenvalue weighted by molar-refractivity contribution is -0.129. The van der Waals surface area contributed by atoms with Crippen LogP contribution >= 0.6 is 0 Å². The molecule has 2 heterocycles. The predicted molar refractivity (Wildman–Crippen MR) is 123 cm³/mol. The Kier molecular flexibility index (Phi) is 6.53. The molecule has 2 aromatic rings. The standard InChI is InChI=1S/C24H30FN3O3S/c1-18-14-24(20-6-4-3-5-7-20)32(30,31)28(16-18)17-21-8-9-22(15-23(21)25)27-12-10-26(11-13-27)19(2)29/h3-9,15,18,24H,10-14,16-17H2,1-2H3/t18-,24?/m1/s1. The van der Waals surface area contributed by atoms with Crippen LogP contribution in [0.5, 0.6) is 0 Å². The van der Waals surface area contributed by atoms with E-state index in [0.717, 1.165) is 11.3 Å². The Morgan fingerprint density at radius 2 is 1.75 bits per heavy atom. The fourth-order valence-corrected chi connectivity index (χ4v) is 6.87. The Morgan fingerprint density at radius 1 is 1.06 bits per heavy atom. The number of carbonyl (C=O) groups is 1. The molecule has 2 aliphatic heterocycles. The quantitative estimate of drug-likeness (QED) is 0.703. The maximum Gasteiger partial charge on any atom is 0.221 e. The second-order valence-corrected chi connectivity index (χ2v) is 11.0. The molecule has 4 rings (SSSR count). The summed E-state index contributed by atoms with van der Waals surface area (Å²) >= 11 is 0. The minimum Gasteiger partial charge on any atom is -0.368 e. The van der Waals surface area contributed by atoms with E-state index in [1.807, 2.05) is 43.3 Å². The van der Waals surface area contributed by atoms with E-state index in [1.54, 1.807) is 17.9 Å². The summed E-state index contributed by atoms with van der Waals surface area (Å²) in [6.45, 7) is 6.54. The van der Waals surface area contributed by atoms with Gasteiger partial charge in [0.25, 0.3) is 0 Å². The number of amides is 1. The normalized spacial score (nSPS) is 23.8. The molecule has 0 N–H and O–H groups in total. The molecular weight excluding hydrogens is 429 g/mol. The van der Waals surface area contributed by atoms with E-state index in [0.29, 0.717) is 44.7 Å². The molecule has 0 radical (unpaired) electrons. The van der Waals surface area contributed by atoms with Gasteiger partial charge in [0.2, 0.25) is 15.9 Å². The van der Waals surface area contributed by atoms with E-state index in [4.69, 9.17) is 0 Å². The number of piperazine rings is 1. The van der Waals surface area contributed by atoms with Crippen LogP contribution in [-0.2, 0) is 21.4 Å². The Labute approximate surface area is 189 Å². The molecular formula is C24H30FN3O3S. The molecule has 2 aromatic carbocycles. The summed E-state index contributed by atoms with van der Waals surface area (Å²) in [4.78, 5) is 15.4. The third-order valence-electron chi connectivity index (χ3n) is 6.50. The smallest absolute Gasteiger partial charge is 0.221 e. The topological polar surface area (TPSA) is 60.9 Å². The number of rotatable bonds is 4. The number of nitrogens with zero attached hydrogens (tertiary/aromatic N) is 3. The first-order valence-corrected chi connectivity index (χ1v) is 12.6. The highest BCUT2D eigenvalue weighted by atomic mass is 32.2. The summed E-state index contributed by atoms with van der Waals surface area (Å²) in [6, 6.07) is 14.3. The van der Waals surface area contributed by atoms with E-state index in [-0.39, 0.29) is 18.4 Å². The number of carbonyl (C=O) groups excluding carboxylic acids is 1. The summed E-state index contributed by atoms with van der Waals surface area (Å²) in [5.74, 6) is -0.165. The first-order valence-electron chi connectivity index (χ1n) is 11.1. The molecule has 0 aliphatic carbocycles. The van der Waals surface area contributed by atoms with E-state index >= 15 is 4.39 Å². The Morgan fingerprint density at radius 3 is 2.38 bits per heavy atom. The molecule has 8 heteroatoms. The highest BCUT2D eigenvalue weighted by molar-refractivity contribution is 7.89. The van der Waals surface area contributed by atoms with E-state index in [9.17, 15) is 13.2 Å². The van der Waals surface area contributed by atoms with Gasteiger partial charge in [-0.2, -0.15) is 4.31 Å². The highest BCUT2D eigenvalue weighted by Gasteiger charge is 2.39. The number of sulfonamides is 1. The first-order chi connectivity index (χ1) is 15.3.